The van der Waals surface area contributed by atoms with E-state index in [9.17, 15) is 4.39 Å². The summed E-state index contributed by atoms with van der Waals surface area (Å²) in [7, 11) is 5.47. The molecule has 0 saturated heterocycles. The van der Waals surface area contributed by atoms with Gasteiger partial charge >= 0.3 is 0 Å². The number of halogens is 2. The number of anilines is 2. The van der Waals surface area contributed by atoms with Crippen molar-refractivity contribution >= 4 is 38.1 Å². The lowest BCUT2D eigenvalue weighted by Gasteiger charge is -2.10. The van der Waals surface area contributed by atoms with E-state index in [1.807, 2.05) is 25.9 Å². The second-order valence-electron chi connectivity index (χ2n) is 4.76. The average Bonchev–Trinajstić information content (AvgIpc) is 2.85. The molecule has 2 rings (SSSR count). The van der Waals surface area contributed by atoms with Gasteiger partial charge in [0.2, 0.25) is 5.88 Å². The Hall–Kier alpha value is -1.34. The van der Waals surface area contributed by atoms with Gasteiger partial charge in [-0.15, -0.1) is 0 Å². The zero-order valence-electron chi connectivity index (χ0n) is 12.3. The SMILES string of the molecule is COc1nc(N(C)C)sc1CNc1cc(F)c(Br)cc1C. The molecule has 21 heavy (non-hydrogen) atoms. The minimum atomic E-state index is -0.284. The normalized spacial score (nSPS) is 10.6. The monoisotopic (exact) mass is 373 g/mol. The Morgan fingerprint density at radius 1 is 1.43 bits per heavy atom. The minimum Gasteiger partial charge on any atom is -0.480 e. The van der Waals surface area contributed by atoms with Crippen LogP contribution in [-0.2, 0) is 6.54 Å². The Morgan fingerprint density at radius 2 is 2.14 bits per heavy atom. The second kappa shape index (κ2) is 6.62. The Labute approximate surface area is 136 Å². The third-order valence-electron chi connectivity index (χ3n) is 2.93. The van der Waals surface area contributed by atoms with Crippen molar-refractivity contribution in [2.75, 3.05) is 31.4 Å². The van der Waals surface area contributed by atoms with E-state index in [1.54, 1.807) is 24.5 Å². The fourth-order valence-electron chi connectivity index (χ4n) is 1.80. The van der Waals surface area contributed by atoms with Crippen LogP contribution in [-0.4, -0.2) is 26.2 Å². The number of nitrogens with one attached hydrogen (secondary N) is 1. The van der Waals surface area contributed by atoms with Crippen LogP contribution >= 0.6 is 27.3 Å². The van der Waals surface area contributed by atoms with Gasteiger partial charge in [-0.25, -0.2) is 4.39 Å². The molecule has 1 aromatic heterocycles. The van der Waals surface area contributed by atoms with Crippen LogP contribution in [0.4, 0.5) is 15.2 Å². The molecule has 1 aromatic carbocycles. The summed E-state index contributed by atoms with van der Waals surface area (Å²) < 4.78 is 19.4. The van der Waals surface area contributed by atoms with Gasteiger partial charge in [0.05, 0.1) is 23.0 Å². The van der Waals surface area contributed by atoms with Gasteiger partial charge in [0, 0.05) is 19.8 Å². The summed E-state index contributed by atoms with van der Waals surface area (Å²) in [6.45, 7) is 2.47. The summed E-state index contributed by atoms with van der Waals surface area (Å²) in [6, 6.07) is 3.24. The average molecular weight is 374 g/mol. The van der Waals surface area contributed by atoms with Gasteiger partial charge in [-0.05, 0) is 40.5 Å². The number of aryl methyl sites for hydroxylation is 1. The van der Waals surface area contributed by atoms with E-state index in [2.05, 4.69) is 26.2 Å². The Morgan fingerprint density at radius 3 is 2.76 bits per heavy atom. The fraction of sp³-hybridized carbons (Fsp3) is 0.357. The number of aromatic nitrogens is 1. The minimum absolute atomic E-state index is 0.284. The number of hydrogen-bond acceptors (Lipinski definition) is 5. The van der Waals surface area contributed by atoms with E-state index in [1.165, 1.54) is 6.07 Å². The van der Waals surface area contributed by atoms with Gasteiger partial charge in [-0.2, -0.15) is 4.98 Å². The van der Waals surface area contributed by atoms with Gasteiger partial charge in [0.25, 0.3) is 0 Å². The largest absolute Gasteiger partial charge is 0.480 e. The second-order valence-corrected chi connectivity index (χ2v) is 6.67. The highest BCUT2D eigenvalue weighted by atomic mass is 79.9. The molecule has 0 bridgehead atoms. The molecule has 0 spiro atoms. The smallest absolute Gasteiger partial charge is 0.231 e. The van der Waals surface area contributed by atoms with E-state index in [0.717, 1.165) is 21.3 Å². The van der Waals surface area contributed by atoms with E-state index in [-0.39, 0.29) is 5.82 Å². The zero-order chi connectivity index (χ0) is 15.6. The zero-order valence-corrected chi connectivity index (χ0v) is 14.7. The molecule has 0 radical (unpaired) electrons. The summed E-state index contributed by atoms with van der Waals surface area (Å²) in [5.41, 5.74) is 1.73. The number of methoxy groups -OCH3 is 1. The first kappa shape index (κ1) is 16.0. The standard InChI is InChI=1S/C14H17BrFN3OS/c1-8-5-9(15)10(16)6-11(8)17-7-12-13(20-4)18-14(21-12)19(2)3/h5-6,17H,7H2,1-4H3. The van der Waals surface area contributed by atoms with Gasteiger partial charge in [-0.1, -0.05) is 11.3 Å². The molecule has 0 aliphatic rings. The molecular weight excluding hydrogens is 357 g/mol. The predicted octanol–water partition coefficient (Wildman–Crippen LogP) is 4.04. The fourth-order valence-corrected chi connectivity index (χ4v) is 3.15. The molecule has 114 valence electrons. The molecule has 2 aromatic rings. The number of nitrogens with zero attached hydrogens (tertiary/aromatic N) is 2. The first-order chi connectivity index (χ1) is 9.92. The number of benzene rings is 1. The highest BCUT2D eigenvalue weighted by Crippen LogP contribution is 2.32. The van der Waals surface area contributed by atoms with Gasteiger partial charge < -0.3 is 15.0 Å². The van der Waals surface area contributed by atoms with Crippen molar-refractivity contribution in [2.45, 2.75) is 13.5 Å². The van der Waals surface area contributed by atoms with Crippen LogP contribution in [0.3, 0.4) is 0 Å². The molecule has 1 N–H and O–H groups in total. The Balaban J connectivity index is 2.18. The van der Waals surface area contributed by atoms with Crippen LogP contribution in [0, 0.1) is 12.7 Å². The molecule has 0 aliphatic heterocycles. The topological polar surface area (TPSA) is 37.4 Å². The van der Waals surface area contributed by atoms with E-state index in [4.69, 9.17) is 4.74 Å². The Kier molecular flexibility index (Phi) is 5.05. The van der Waals surface area contributed by atoms with Crippen molar-refractivity contribution in [3.8, 4) is 5.88 Å². The van der Waals surface area contributed by atoms with Crippen molar-refractivity contribution in [1.82, 2.24) is 4.98 Å². The van der Waals surface area contributed by atoms with E-state index < -0.39 is 0 Å². The summed E-state index contributed by atoms with van der Waals surface area (Å²) in [5.74, 6) is 0.319. The number of ether oxygens (including phenoxy) is 1. The predicted molar refractivity (Wildman–Crippen MR) is 89.2 cm³/mol. The quantitative estimate of drug-likeness (QED) is 0.857. The maximum atomic E-state index is 13.6. The molecular formula is C14H17BrFN3OS. The summed E-state index contributed by atoms with van der Waals surface area (Å²) >= 11 is 4.73. The number of rotatable bonds is 5. The summed E-state index contributed by atoms with van der Waals surface area (Å²) in [6.07, 6.45) is 0. The molecule has 0 atom stereocenters. The molecule has 7 heteroatoms. The van der Waals surface area contributed by atoms with Gasteiger partial charge in [0.1, 0.15) is 5.82 Å². The highest BCUT2D eigenvalue weighted by Gasteiger charge is 2.13. The highest BCUT2D eigenvalue weighted by molar-refractivity contribution is 9.10. The van der Waals surface area contributed by atoms with Crippen LogP contribution in [0.1, 0.15) is 10.4 Å². The summed E-state index contributed by atoms with van der Waals surface area (Å²) in [5, 5.41) is 4.11. The van der Waals surface area contributed by atoms with Crippen molar-refractivity contribution in [3.05, 3.63) is 32.9 Å². The van der Waals surface area contributed by atoms with Crippen LogP contribution < -0.4 is 15.0 Å². The lowest BCUT2D eigenvalue weighted by atomic mass is 10.2. The molecule has 4 nitrogen and oxygen atoms in total. The summed E-state index contributed by atoms with van der Waals surface area (Å²) in [4.78, 5) is 7.30. The number of thiazole rings is 1. The third-order valence-corrected chi connectivity index (χ3v) is 4.74. The van der Waals surface area contributed by atoms with Gasteiger partial charge in [0.15, 0.2) is 5.13 Å². The van der Waals surface area contributed by atoms with Gasteiger partial charge in [-0.3, -0.25) is 0 Å². The first-order valence-corrected chi connectivity index (χ1v) is 7.94. The maximum Gasteiger partial charge on any atom is 0.231 e. The van der Waals surface area contributed by atoms with Crippen molar-refractivity contribution in [2.24, 2.45) is 0 Å². The Bertz CT molecular complexity index is 645. The van der Waals surface area contributed by atoms with E-state index >= 15 is 0 Å². The lowest BCUT2D eigenvalue weighted by molar-refractivity contribution is 0.397. The van der Waals surface area contributed by atoms with Crippen LogP contribution in [0.5, 0.6) is 5.88 Å². The third kappa shape index (κ3) is 3.65. The van der Waals surface area contributed by atoms with Crippen molar-refractivity contribution in [3.63, 3.8) is 0 Å². The molecule has 0 aliphatic carbocycles. The van der Waals surface area contributed by atoms with Crippen LogP contribution in [0.25, 0.3) is 0 Å². The molecule has 0 saturated carbocycles. The molecule has 0 amide bonds. The van der Waals surface area contributed by atoms with Crippen LogP contribution in [0.2, 0.25) is 0 Å². The number of hydrogen-bond donors (Lipinski definition) is 1. The van der Waals surface area contributed by atoms with Crippen LogP contribution in [0.15, 0.2) is 16.6 Å². The molecule has 0 fully saturated rings. The first-order valence-electron chi connectivity index (χ1n) is 6.33. The van der Waals surface area contributed by atoms with E-state index in [0.29, 0.717) is 16.9 Å². The lowest BCUT2D eigenvalue weighted by Crippen LogP contribution is -2.07. The maximum absolute atomic E-state index is 13.6. The molecule has 0 unspecified atom stereocenters. The van der Waals surface area contributed by atoms with Crippen molar-refractivity contribution in [1.29, 1.82) is 0 Å². The molecule has 1 heterocycles. The van der Waals surface area contributed by atoms with Crippen molar-refractivity contribution < 1.29 is 9.13 Å².